The molecule has 3 atom stereocenters. The first-order valence-corrected chi connectivity index (χ1v) is 12.3. The second kappa shape index (κ2) is 10.9. The maximum Gasteiger partial charge on any atom is 0.254 e. The van der Waals surface area contributed by atoms with Gasteiger partial charge in [0.15, 0.2) is 6.10 Å². The first-order chi connectivity index (χ1) is 16.0. The van der Waals surface area contributed by atoms with Crippen LogP contribution in [0.3, 0.4) is 0 Å². The van der Waals surface area contributed by atoms with Crippen LogP contribution in [0.2, 0.25) is 0 Å². The number of hydrogen-bond donors (Lipinski definition) is 4. The van der Waals surface area contributed by atoms with E-state index in [1.165, 1.54) is 22.7 Å². The van der Waals surface area contributed by atoms with Gasteiger partial charge in [0.2, 0.25) is 5.91 Å². The average molecular weight is 485 g/mol. The Morgan fingerprint density at radius 1 is 1.15 bits per heavy atom. The third kappa shape index (κ3) is 6.74. The number of nitrogen functional groups attached to an aromatic ring is 1. The predicted octanol–water partition coefficient (Wildman–Crippen LogP) is 1.79. The summed E-state index contributed by atoms with van der Waals surface area (Å²) in [4.78, 5) is 40.4. The van der Waals surface area contributed by atoms with Gasteiger partial charge in [-0.3, -0.25) is 14.4 Å². The highest BCUT2D eigenvalue weighted by molar-refractivity contribution is 7.99. The van der Waals surface area contributed by atoms with E-state index in [9.17, 15) is 19.5 Å². The number of rotatable bonds is 7. The zero-order chi connectivity index (χ0) is 24.9. The summed E-state index contributed by atoms with van der Waals surface area (Å²) in [6, 6.07) is 14.2. The topological polar surface area (TPSA) is 125 Å². The smallest absolute Gasteiger partial charge is 0.254 e. The fourth-order valence-corrected chi connectivity index (χ4v) is 4.88. The van der Waals surface area contributed by atoms with E-state index in [0.29, 0.717) is 22.9 Å². The maximum atomic E-state index is 13.3. The van der Waals surface area contributed by atoms with Crippen LogP contribution >= 0.6 is 11.8 Å². The summed E-state index contributed by atoms with van der Waals surface area (Å²) in [6.07, 6.45) is -1.30. The second-order valence-corrected chi connectivity index (χ2v) is 10.4. The van der Waals surface area contributed by atoms with Crippen LogP contribution in [0.5, 0.6) is 0 Å². The van der Waals surface area contributed by atoms with Gasteiger partial charge in [-0.1, -0.05) is 36.4 Å². The Labute approximate surface area is 204 Å². The van der Waals surface area contributed by atoms with Gasteiger partial charge in [-0.15, -0.1) is 11.8 Å². The van der Waals surface area contributed by atoms with Gasteiger partial charge in [0.1, 0.15) is 6.04 Å². The minimum Gasteiger partial charge on any atom is -0.399 e. The molecule has 0 saturated carbocycles. The third-order valence-electron chi connectivity index (χ3n) is 5.36. The van der Waals surface area contributed by atoms with Crippen molar-refractivity contribution < 1.29 is 19.5 Å². The predicted molar refractivity (Wildman–Crippen MR) is 134 cm³/mol. The molecule has 0 bridgehead atoms. The van der Waals surface area contributed by atoms with Gasteiger partial charge in [0.05, 0.1) is 11.9 Å². The number of nitrogens with two attached hydrogens (primary N) is 1. The van der Waals surface area contributed by atoms with Crippen LogP contribution in [-0.2, 0) is 16.0 Å². The minimum absolute atomic E-state index is 0.238. The van der Waals surface area contributed by atoms with E-state index in [1.807, 2.05) is 51.1 Å². The van der Waals surface area contributed by atoms with Gasteiger partial charge < -0.3 is 26.4 Å². The van der Waals surface area contributed by atoms with Crippen molar-refractivity contribution in [2.75, 3.05) is 17.4 Å². The molecule has 0 radical (unpaired) electrons. The van der Waals surface area contributed by atoms with Crippen molar-refractivity contribution >= 4 is 35.2 Å². The summed E-state index contributed by atoms with van der Waals surface area (Å²) in [5.41, 5.74) is 6.97. The van der Waals surface area contributed by atoms with Crippen molar-refractivity contribution in [2.45, 2.75) is 50.9 Å². The van der Waals surface area contributed by atoms with Crippen LogP contribution in [-0.4, -0.2) is 63.1 Å². The first-order valence-electron chi connectivity index (χ1n) is 11.1. The molecule has 1 fully saturated rings. The van der Waals surface area contributed by atoms with E-state index in [-0.39, 0.29) is 12.3 Å². The number of nitrogens with one attached hydrogen (secondary N) is 2. The van der Waals surface area contributed by atoms with E-state index in [0.717, 1.165) is 5.56 Å². The molecule has 2 aromatic rings. The van der Waals surface area contributed by atoms with Crippen LogP contribution in [0.25, 0.3) is 0 Å². The zero-order valence-corrected chi connectivity index (χ0v) is 20.5. The standard InChI is InChI=1S/C25H32N4O4S/c1-25(2,3)28-23(32)20-14-34-15-29(20)24(33)21(30)19(12-16-8-5-4-6-9-16)27-22(31)17-10-7-11-18(26)13-17/h4-11,13,19-21,30H,12,14-15,26H2,1-3H3,(H,27,31)(H,28,32)/t19-,20?,21-/m0/s1. The SMILES string of the molecule is CC(C)(C)NC(=O)C1CSCN1C(=O)[C@@H](O)[C@H](Cc1ccccc1)NC(=O)c1cccc(N)c1. The lowest BCUT2D eigenvalue weighted by molar-refractivity contribution is -0.146. The second-order valence-electron chi connectivity index (χ2n) is 9.40. The fourth-order valence-electron chi connectivity index (χ4n) is 3.71. The number of hydrogen-bond acceptors (Lipinski definition) is 6. The molecule has 0 spiro atoms. The molecule has 1 saturated heterocycles. The molecular formula is C25H32N4O4S. The molecular weight excluding hydrogens is 452 g/mol. The van der Waals surface area contributed by atoms with Gasteiger partial charge in [-0.2, -0.15) is 0 Å². The summed E-state index contributed by atoms with van der Waals surface area (Å²) < 4.78 is 0. The Balaban J connectivity index is 1.80. The van der Waals surface area contributed by atoms with Crippen molar-refractivity contribution in [2.24, 2.45) is 0 Å². The summed E-state index contributed by atoms with van der Waals surface area (Å²) in [5, 5.41) is 16.8. The van der Waals surface area contributed by atoms with Gasteiger partial charge in [-0.25, -0.2) is 0 Å². The van der Waals surface area contributed by atoms with Crippen molar-refractivity contribution in [3.05, 3.63) is 65.7 Å². The number of aliphatic hydroxyl groups excluding tert-OH is 1. The molecule has 0 aromatic heterocycles. The number of aliphatic hydroxyl groups is 1. The van der Waals surface area contributed by atoms with Crippen molar-refractivity contribution in [1.82, 2.24) is 15.5 Å². The van der Waals surface area contributed by atoms with Crippen LogP contribution in [0.1, 0.15) is 36.7 Å². The monoisotopic (exact) mass is 484 g/mol. The molecule has 2 aromatic carbocycles. The number of anilines is 1. The van der Waals surface area contributed by atoms with Crippen molar-refractivity contribution in [1.29, 1.82) is 0 Å². The highest BCUT2D eigenvalue weighted by Gasteiger charge is 2.40. The van der Waals surface area contributed by atoms with Gasteiger partial charge >= 0.3 is 0 Å². The largest absolute Gasteiger partial charge is 0.399 e. The van der Waals surface area contributed by atoms with E-state index in [4.69, 9.17) is 5.73 Å². The Bertz CT molecular complexity index is 1030. The Morgan fingerprint density at radius 2 is 1.85 bits per heavy atom. The minimum atomic E-state index is -1.53. The summed E-state index contributed by atoms with van der Waals surface area (Å²) in [7, 11) is 0. The van der Waals surface area contributed by atoms with Gasteiger partial charge in [-0.05, 0) is 51.0 Å². The van der Waals surface area contributed by atoms with Crippen LogP contribution in [0, 0.1) is 0 Å². The number of benzene rings is 2. The molecule has 3 rings (SSSR count). The summed E-state index contributed by atoms with van der Waals surface area (Å²) in [6.45, 7) is 5.61. The Kier molecular flexibility index (Phi) is 8.22. The van der Waals surface area contributed by atoms with Gasteiger partial charge in [0.25, 0.3) is 11.8 Å². The quantitative estimate of drug-likeness (QED) is 0.444. The Morgan fingerprint density at radius 3 is 2.50 bits per heavy atom. The Hall–Kier alpha value is -3.04. The number of thioether (sulfide) groups is 1. The first kappa shape index (κ1) is 25.6. The molecule has 34 heavy (non-hydrogen) atoms. The van der Waals surface area contributed by atoms with Gasteiger partial charge in [0, 0.05) is 22.5 Å². The molecule has 0 aliphatic carbocycles. The maximum absolute atomic E-state index is 13.3. The number of nitrogens with zero attached hydrogens (tertiary/aromatic N) is 1. The molecule has 1 heterocycles. The number of amides is 3. The molecule has 1 unspecified atom stereocenters. The number of carbonyl (C=O) groups excluding carboxylic acids is 3. The lowest BCUT2D eigenvalue weighted by Crippen LogP contribution is -2.57. The van der Waals surface area contributed by atoms with E-state index >= 15 is 0 Å². The lowest BCUT2D eigenvalue weighted by atomic mass is 9.99. The summed E-state index contributed by atoms with van der Waals surface area (Å²) in [5.74, 6) is -0.564. The molecule has 1 aliphatic rings. The lowest BCUT2D eigenvalue weighted by Gasteiger charge is -2.31. The van der Waals surface area contributed by atoms with Crippen molar-refractivity contribution in [3.8, 4) is 0 Å². The van der Waals surface area contributed by atoms with E-state index in [2.05, 4.69) is 10.6 Å². The van der Waals surface area contributed by atoms with E-state index < -0.39 is 35.5 Å². The highest BCUT2D eigenvalue weighted by Crippen LogP contribution is 2.24. The fraction of sp³-hybridized carbons (Fsp3) is 0.400. The third-order valence-corrected chi connectivity index (χ3v) is 6.38. The van der Waals surface area contributed by atoms with E-state index in [1.54, 1.807) is 18.2 Å². The van der Waals surface area contributed by atoms with Crippen LogP contribution in [0.15, 0.2) is 54.6 Å². The molecule has 3 amide bonds. The molecule has 1 aliphatic heterocycles. The molecule has 8 nitrogen and oxygen atoms in total. The zero-order valence-electron chi connectivity index (χ0n) is 19.7. The molecule has 182 valence electrons. The van der Waals surface area contributed by atoms with Crippen molar-refractivity contribution in [3.63, 3.8) is 0 Å². The highest BCUT2D eigenvalue weighted by atomic mass is 32.2. The normalized spacial score (nSPS) is 17.6. The average Bonchev–Trinajstić information content (AvgIpc) is 3.27. The molecule has 5 N–H and O–H groups in total. The molecule has 9 heteroatoms. The van der Waals surface area contributed by atoms with Crippen LogP contribution in [0.4, 0.5) is 5.69 Å². The summed E-state index contributed by atoms with van der Waals surface area (Å²) >= 11 is 1.45. The number of carbonyl (C=O) groups is 3. The van der Waals surface area contributed by atoms with Crippen LogP contribution < -0.4 is 16.4 Å².